The third-order valence-corrected chi connectivity index (χ3v) is 11.1. The number of hydrogen-bond acceptors (Lipinski definition) is 10. The van der Waals surface area contributed by atoms with Crippen molar-refractivity contribution in [2.45, 2.75) is 142 Å². The van der Waals surface area contributed by atoms with Gasteiger partial charge < -0.3 is 41.5 Å². The Morgan fingerprint density at radius 3 is 2.09 bits per heavy atom. The summed E-state index contributed by atoms with van der Waals surface area (Å²) in [5.74, 6) is -4.25. The molecule has 2 aromatic rings. The smallest absolute Gasteiger partial charge is 0.472 e. The second-order valence-corrected chi connectivity index (χ2v) is 16.1. The quantitative estimate of drug-likeness (QED) is 0.0558. The minimum atomic E-state index is -1.82. The normalized spacial score (nSPS) is 17.5. The minimum Gasteiger partial charge on any atom is -0.507 e. The maximum Gasteiger partial charge on any atom is 0.472 e. The van der Waals surface area contributed by atoms with Gasteiger partial charge in [-0.15, -0.1) is 0 Å². The molecule has 4 bridgehead atoms. The zero-order valence-corrected chi connectivity index (χ0v) is 34.8. The molecule has 1 aliphatic rings. The lowest BCUT2D eigenvalue weighted by Crippen LogP contribution is -2.51. The van der Waals surface area contributed by atoms with E-state index in [1.165, 1.54) is 88.1 Å². The Balaban J connectivity index is 1.87. The van der Waals surface area contributed by atoms with E-state index in [2.05, 4.69) is 17.6 Å². The predicted octanol–water partition coefficient (Wildman–Crippen LogP) is 5.43. The summed E-state index contributed by atoms with van der Waals surface area (Å²) < 4.78 is 0. The zero-order chi connectivity index (χ0) is 42.6. The summed E-state index contributed by atoms with van der Waals surface area (Å²) in [5, 5.41) is 45.7. The van der Waals surface area contributed by atoms with Crippen molar-refractivity contribution < 1.29 is 44.2 Å². The van der Waals surface area contributed by atoms with Gasteiger partial charge in [-0.1, -0.05) is 96.6 Å². The van der Waals surface area contributed by atoms with Crippen LogP contribution in [0.25, 0.3) is 11.1 Å². The van der Waals surface area contributed by atoms with Crippen molar-refractivity contribution in [3.05, 3.63) is 47.5 Å². The molecule has 0 aromatic heterocycles. The van der Waals surface area contributed by atoms with E-state index in [4.69, 9.17) is 5.73 Å². The number of Topliss-reactive ketones (excluding diaryl/α,β-unsaturated/α-hetero) is 2. The number of carbonyl (C=O) groups is 5. The fraction of sp³-hybridized carbons (Fsp3) is 0.614. The first-order valence-corrected chi connectivity index (χ1v) is 21.4. The first-order chi connectivity index (χ1) is 27.8. The van der Waals surface area contributed by atoms with Gasteiger partial charge in [0.25, 0.3) is 0 Å². The number of nitrogens with two attached hydrogens (primary N) is 1. The van der Waals surface area contributed by atoms with Crippen LogP contribution in [0.15, 0.2) is 36.4 Å². The first kappa shape index (κ1) is 48.1. The van der Waals surface area contributed by atoms with E-state index in [9.17, 15) is 44.2 Å². The third-order valence-electron chi connectivity index (χ3n) is 11.1. The van der Waals surface area contributed by atoms with E-state index < -0.39 is 61.0 Å². The molecule has 0 aliphatic carbocycles. The molecule has 0 spiro atoms. The van der Waals surface area contributed by atoms with Gasteiger partial charge in [-0.05, 0) is 61.2 Å². The number of nitrogens with zero attached hydrogens (tertiary/aromatic N) is 1. The highest BCUT2D eigenvalue weighted by Crippen LogP contribution is 2.39. The molecule has 320 valence electrons. The number of phenols is 2. The molecule has 2 aromatic carbocycles. The topological polar surface area (TPSA) is 220 Å². The largest absolute Gasteiger partial charge is 0.507 e. The summed E-state index contributed by atoms with van der Waals surface area (Å²) >= 11 is 0. The van der Waals surface area contributed by atoms with Crippen molar-refractivity contribution in [2.24, 2.45) is 17.6 Å². The van der Waals surface area contributed by atoms with E-state index in [1.807, 2.05) is 0 Å². The van der Waals surface area contributed by atoms with E-state index in [1.54, 1.807) is 12.1 Å². The Kier molecular flexibility index (Phi) is 21.0. The SMILES string of the molecule is CCCCCCCCCCCCCC(=O)C[C@@H](CCCCN)C(=O)N(C)[C@@H]1C(=O)C[C@@H](C)C(=O)N[C@H](C(=O)NCB(O)O)Cc2ccc(O)c(c2)-c2cc1ccc2O. The molecule has 14 heteroatoms. The van der Waals surface area contributed by atoms with Gasteiger partial charge in [0.15, 0.2) is 5.78 Å². The summed E-state index contributed by atoms with van der Waals surface area (Å²) in [6.45, 7) is 4.19. The molecular formula is C44H67BN4O9. The van der Waals surface area contributed by atoms with Crippen LogP contribution in [0.4, 0.5) is 0 Å². The number of aromatic hydroxyl groups is 2. The van der Waals surface area contributed by atoms with E-state index in [0.29, 0.717) is 43.4 Å². The number of fused-ring (bicyclic) bond motifs is 5. The van der Waals surface area contributed by atoms with Crippen LogP contribution in [-0.4, -0.2) is 87.6 Å². The number of carbonyl (C=O) groups excluding carboxylic acids is 5. The number of benzene rings is 2. The molecule has 0 radical (unpaired) electrons. The molecule has 58 heavy (non-hydrogen) atoms. The van der Waals surface area contributed by atoms with Crippen molar-refractivity contribution in [3.63, 3.8) is 0 Å². The molecule has 13 nitrogen and oxygen atoms in total. The highest BCUT2D eigenvalue weighted by atomic mass is 16.4. The van der Waals surface area contributed by atoms with Crippen LogP contribution in [0.2, 0.25) is 0 Å². The van der Waals surface area contributed by atoms with Gasteiger partial charge in [0, 0.05) is 55.7 Å². The zero-order valence-electron chi connectivity index (χ0n) is 34.8. The molecule has 0 saturated heterocycles. The number of nitrogens with one attached hydrogen (secondary N) is 2. The Morgan fingerprint density at radius 2 is 1.47 bits per heavy atom. The number of amides is 3. The highest BCUT2D eigenvalue weighted by Gasteiger charge is 2.36. The lowest BCUT2D eigenvalue weighted by Gasteiger charge is -2.32. The van der Waals surface area contributed by atoms with Crippen molar-refractivity contribution in [1.29, 1.82) is 0 Å². The van der Waals surface area contributed by atoms with E-state index >= 15 is 0 Å². The average molecular weight is 807 g/mol. The minimum absolute atomic E-state index is 0.00702. The van der Waals surface area contributed by atoms with Crippen LogP contribution in [0.1, 0.15) is 140 Å². The molecule has 0 saturated carbocycles. The van der Waals surface area contributed by atoms with Gasteiger partial charge in [0.2, 0.25) is 17.7 Å². The van der Waals surface area contributed by atoms with Gasteiger partial charge in [0.1, 0.15) is 29.4 Å². The first-order valence-electron chi connectivity index (χ1n) is 21.4. The average Bonchev–Trinajstić information content (AvgIpc) is 3.19. The second-order valence-electron chi connectivity index (χ2n) is 16.1. The summed E-state index contributed by atoms with van der Waals surface area (Å²) in [6.07, 6.45) is 14.0. The van der Waals surface area contributed by atoms with Crippen LogP contribution in [0.3, 0.4) is 0 Å². The standard InChI is InChI=1S/C44H67BN4O9/c1-4-5-6-7-8-9-10-11-12-13-14-18-34(50)27-33(17-15-16-23-46)44(56)49(3)41-32-20-22-39(52)36(28-32)35-25-31(19-21-38(35)51)26-37(43(55)47-29-45(57)58)48-42(54)30(2)24-40(41)53/h19-22,25,28,30,33,37,41,51-52,57-58H,4-18,23-24,26-27,29,46H2,1-3H3,(H,47,55)(H,48,54)/t30-,33-,37+,41+/m1/s1. The number of phenolic OH excluding ortho intramolecular Hbond substituents is 2. The highest BCUT2D eigenvalue weighted by molar-refractivity contribution is 6.41. The number of unbranched alkanes of at least 4 members (excludes halogenated alkanes) is 11. The molecule has 1 heterocycles. The molecule has 0 fully saturated rings. The predicted molar refractivity (Wildman–Crippen MR) is 225 cm³/mol. The van der Waals surface area contributed by atoms with Crippen LogP contribution >= 0.6 is 0 Å². The molecular weight excluding hydrogens is 739 g/mol. The summed E-state index contributed by atoms with van der Waals surface area (Å²) in [5.41, 5.74) is 6.99. The van der Waals surface area contributed by atoms with E-state index in [0.717, 1.165) is 25.7 Å². The van der Waals surface area contributed by atoms with Gasteiger partial charge in [-0.2, -0.15) is 0 Å². The summed E-state index contributed by atoms with van der Waals surface area (Å²) in [7, 11) is -0.321. The third kappa shape index (κ3) is 15.5. The van der Waals surface area contributed by atoms with Crippen LogP contribution in [0, 0.1) is 11.8 Å². The maximum atomic E-state index is 14.4. The Morgan fingerprint density at radius 1 is 0.862 bits per heavy atom. The Labute approximate surface area is 344 Å². The lowest BCUT2D eigenvalue weighted by molar-refractivity contribution is -0.144. The van der Waals surface area contributed by atoms with Crippen LogP contribution in [-0.2, 0) is 30.4 Å². The molecule has 3 amide bonds. The molecule has 8 N–H and O–H groups in total. The Hall–Kier alpha value is -4.27. The fourth-order valence-corrected chi connectivity index (χ4v) is 7.70. The summed E-state index contributed by atoms with van der Waals surface area (Å²) in [6, 6.07) is 6.52. The fourth-order valence-electron chi connectivity index (χ4n) is 7.70. The van der Waals surface area contributed by atoms with Crippen molar-refractivity contribution >= 4 is 36.4 Å². The molecule has 4 atom stereocenters. The van der Waals surface area contributed by atoms with Gasteiger partial charge >= 0.3 is 7.12 Å². The monoisotopic (exact) mass is 807 g/mol. The van der Waals surface area contributed by atoms with E-state index in [-0.39, 0.29) is 47.7 Å². The van der Waals surface area contributed by atoms with Gasteiger partial charge in [-0.3, -0.25) is 24.0 Å². The van der Waals surface area contributed by atoms with Crippen molar-refractivity contribution in [3.8, 4) is 22.6 Å². The molecule has 0 unspecified atom stereocenters. The molecule has 3 rings (SSSR count). The number of ketones is 2. The van der Waals surface area contributed by atoms with Gasteiger partial charge in [-0.25, -0.2) is 0 Å². The Bertz CT molecular complexity index is 1650. The number of rotatable bonds is 23. The lowest BCUT2D eigenvalue weighted by atomic mass is 9.88. The molecule has 1 aliphatic heterocycles. The maximum absolute atomic E-state index is 14.4. The van der Waals surface area contributed by atoms with Gasteiger partial charge in [0.05, 0.1) is 6.44 Å². The van der Waals surface area contributed by atoms with Crippen LogP contribution in [0.5, 0.6) is 11.5 Å². The number of likely N-dealkylation sites (N-methyl/N-ethyl adjacent to an activating group) is 1. The second kappa shape index (κ2) is 25.3. The van der Waals surface area contributed by atoms with Crippen LogP contribution < -0.4 is 16.4 Å². The van der Waals surface area contributed by atoms with Crippen molar-refractivity contribution in [2.75, 3.05) is 20.0 Å². The number of hydrogen-bond donors (Lipinski definition) is 7. The summed E-state index contributed by atoms with van der Waals surface area (Å²) in [4.78, 5) is 70.1. The van der Waals surface area contributed by atoms with Crippen molar-refractivity contribution in [1.82, 2.24) is 15.5 Å².